The van der Waals surface area contributed by atoms with Crippen molar-refractivity contribution in [3.8, 4) is 0 Å². The van der Waals surface area contributed by atoms with E-state index < -0.39 is 22.0 Å². The Labute approximate surface area is 152 Å². The molecule has 9 heteroatoms. The van der Waals surface area contributed by atoms with Crippen LogP contribution in [-0.4, -0.2) is 49.8 Å². The minimum absolute atomic E-state index is 0.117. The second-order valence-corrected chi connectivity index (χ2v) is 8.81. The highest BCUT2D eigenvalue weighted by molar-refractivity contribution is 7.90. The van der Waals surface area contributed by atoms with Gasteiger partial charge in [0.05, 0.1) is 5.75 Å². The molecule has 1 aliphatic carbocycles. The number of amides is 2. The molecule has 1 aromatic rings. The van der Waals surface area contributed by atoms with Gasteiger partial charge >= 0.3 is 12.2 Å². The minimum Gasteiger partial charge on any atom is -0.465 e. The summed E-state index contributed by atoms with van der Waals surface area (Å²) in [6.45, 7) is 0.124. The summed E-state index contributed by atoms with van der Waals surface area (Å²) >= 11 is 0. The van der Waals surface area contributed by atoms with E-state index in [-0.39, 0.29) is 30.4 Å². The number of ether oxygens (including phenoxy) is 1. The monoisotopic (exact) mass is 384 g/mol. The Bertz CT molecular complexity index is 722. The third kappa shape index (κ3) is 6.91. The van der Waals surface area contributed by atoms with Crippen LogP contribution in [0.25, 0.3) is 0 Å². The average molecular weight is 384 g/mol. The van der Waals surface area contributed by atoms with Gasteiger partial charge in [-0.15, -0.1) is 0 Å². The lowest BCUT2D eigenvalue weighted by molar-refractivity contribution is 0.124. The Morgan fingerprint density at radius 1 is 1.19 bits per heavy atom. The van der Waals surface area contributed by atoms with E-state index in [4.69, 9.17) is 9.84 Å². The molecule has 8 nitrogen and oxygen atoms in total. The summed E-state index contributed by atoms with van der Waals surface area (Å²) in [5.41, 5.74) is 0.852. The molecular weight excluding hydrogens is 360 g/mol. The van der Waals surface area contributed by atoms with Crippen molar-refractivity contribution in [1.82, 2.24) is 10.6 Å². The maximum absolute atomic E-state index is 12.1. The number of alkyl carbamates (subject to hydrolysis) is 1. The maximum Gasteiger partial charge on any atom is 0.407 e. The van der Waals surface area contributed by atoms with Crippen LogP contribution in [0.5, 0.6) is 0 Å². The lowest BCUT2D eigenvalue weighted by atomic mass is 9.82. The van der Waals surface area contributed by atoms with Crippen LogP contribution < -0.4 is 10.6 Å². The van der Waals surface area contributed by atoms with Gasteiger partial charge in [0.1, 0.15) is 16.4 Å². The highest BCUT2D eigenvalue weighted by Gasteiger charge is 2.34. The molecule has 1 saturated carbocycles. The molecular formula is C17H24N2O6S. The zero-order valence-corrected chi connectivity index (χ0v) is 15.4. The van der Waals surface area contributed by atoms with E-state index in [2.05, 4.69) is 10.6 Å². The van der Waals surface area contributed by atoms with Crippen molar-refractivity contribution < 1.29 is 27.9 Å². The Kier molecular flexibility index (Phi) is 6.84. The number of nitrogens with one attached hydrogen (secondary N) is 2. The Balaban J connectivity index is 1.93. The molecule has 0 unspecified atom stereocenters. The zero-order chi connectivity index (χ0) is 19.2. The lowest BCUT2D eigenvalue weighted by Crippen LogP contribution is -2.50. The number of hydrogen-bond donors (Lipinski definition) is 3. The molecule has 0 saturated heterocycles. The largest absolute Gasteiger partial charge is 0.465 e. The van der Waals surface area contributed by atoms with Gasteiger partial charge in [-0.2, -0.15) is 0 Å². The van der Waals surface area contributed by atoms with Crippen LogP contribution in [0.1, 0.15) is 24.8 Å². The number of hydrogen-bond acceptors (Lipinski definition) is 5. The first-order chi connectivity index (χ1) is 12.2. The molecule has 2 rings (SSSR count). The molecule has 2 amide bonds. The van der Waals surface area contributed by atoms with Crippen molar-refractivity contribution in [3.63, 3.8) is 0 Å². The van der Waals surface area contributed by atoms with Crippen molar-refractivity contribution in [3.05, 3.63) is 35.9 Å². The van der Waals surface area contributed by atoms with Gasteiger partial charge in [0.25, 0.3) is 0 Å². The van der Waals surface area contributed by atoms with Gasteiger partial charge in [-0.25, -0.2) is 18.0 Å². The fourth-order valence-electron chi connectivity index (χ4n) is 3.25. The summed E-state index contributed by atoms with van der Waals surface area (Å²) < 4.78 is 28.6. The second kappa shape index (κ2) is 8.88. The van der Waals surface area contributed by atoms with Gasteiger partial charge in [0.15, 0.2) is 0 Å². The molecule has 1 aromatic carbocycles. The third-order valence-electron chi connectivity index (χ3n) is 4.34. The molecule has 3 atom stereocenters. The summed E-state index contributed by atoms with van der Waals surface area (Å²) in [5, 5.41) is 14.0. The normalized spacial score (nSPS) is 23.0. The number of carbonyl (C=O) groups excluding carboxylic acids is 1. The van der Waals surface area contributed by atoms with Gasteiger partial charge in [-0.1, -0.05) is 30.3 Å². The van der Waals surface area contributed by atoms with Crippen LogP contribution in [-0.2, 0) is 21.2 Å². The molecule has 144 valence electrons. The van der Waals surface area contributed by atoms with Gasteiger partial charge in [-0.05, 0) is 30.7 Å². The Hall–Kier alpha value is -2.29. The van der Waals surface area contributed by atoms with E-state index in [1.54, 1.807) is 0 Å². The standard InChI is InChI=1S/C17H24N2O6S/c1-26(23,24)11-13-9-14(18-16(20)21)7-8-15(13)19-17(22)25-10-12-5-3-2-4-6-12/h2-6,13-15,18H,7-11H2,1H3,(H,19,22)(H,20,21)/t13-,14+,15-/m0/s1. The topological polar surface area (TPSA) is 122 Å². The predicted molar refractivity (Wildman–Crippen MR) is 95.6 cm³/mol. The van der Waals surface area contributed by atoms with E-state index in [0.717, 1.165) is 11.8 Å². The molecule has 0 aliphatic heterocycles. The van der Waals surface area contributed by atoms with Crippen molar-refractivity contribution in [2.45, 2.75) is 38.0 Å². The number of carbonyl (C=O) groups is 2. The first-order valence-corrected chi connectivity index (χ1v) is 10.4. The van der Waals surface area contributed by atoms with Crippen LogP contribution in [0, 0.1) is 5.92 Å². The molecule has 1 fully saturated rings. The molecule has 0 spiro atoms. The Morgan fingerprint density at radius 2 is 1.88 bits per heavy atom. The molecule has 0 bridgehead atoms. The fraction of sp³-hybridized carbons (Fsp3) is 0.529. The van der Waals surface area contributed by atoms with Crippen molar-refractivity contribution in [2.24, 2.45) is 5.92 Å². The molecule has 1 aliphatic rings. The zero-order valence-electron chi connectivity index (χ0n) is 14.6. The molecule has 3 N–H and O–H groups in total. The first kappa shape index (κ1) is 20.0. The maximum atomic E-state index is 12.1. The van der Waals surface area contributed by atoms with E-state index in [1.165, 1.54) is 0 Å². The summed E-state index contributed by atoms with van der Waals surface area (Å²) in [6, 6.07) is 8.52. The van der Waals surface area contributed by atoms with Crippen LogP contribution in [0.3, 0.4) is 0 Å². The third-order valence-corrected chi connectivity index (χ3v) is 5.38. The van der Waals surface area contributed by atoms with E-state index in [9.17, 15) is 18.0 Å². The van der Waals surface area contributed by atoms with Gasteiger partial charge < -0.3 is 20.5 Å². The average Bonchev–Trinajstić information content (AvgIpc) is 2.54. The Morgan fingerprint density at radius 3 is 2.50 bits per heavy atom. The van der Waals surface area contributed by atoms with E-state index in [1.807, 2.05) is 30.3 Å². The number of benzene rings is 1. The summed E-state index contributed by atoms with van der Waals surface area (Å²) in [7, 11) is -3.27. The molecule has 0 aromatic heterocycles. The van der Waals surface area contributed by atoms with Crippen LogP contribution >= 0.6 is 0 Å². The highest BCUT2D eigenvalue weighted by Crippen LogP contribution is 2.26. The van der Waals surface area contributed by atoms with Crippen LogP contribution in [0.2, 0.25) is 0 Å². The van der Waals surface area contributed by atoms with Crippen LogP contribution in [0.4, 0.5) is 9.59 Å². The van der Waals surface area contributed by atoms with Gasteiger partial charge in [0, 0.05) is 18.3 Å². The van der Waals surface area contributed by atoms with Crippen molar-refractivity contribution in [2.75, 3.05) is 12.0 Å². The summed E-state index contributed by atoms with van der Waals surface area (Å²) in [4.78, 5) is 22.9. The first-order valence-electron chi connectivity index (χ1n) is 8.37. The number of sulfone groups is 1. The van der Waals surface area contributed by atoms with E-state index in [0.29, 0.717) is 19.3 Å². The predicted octanol–water partition coefficient (Wildman–Crippen LogP) is 1.76. The minimum atomic E-state index is -3.27. The molecule has 0 heterocycles. The molecule has 26 heavy (non-hydrogen) atoms. The summed E-state index contributed by atoms with van der Waals surface area (Å²) in [5.74, 6) is -0.492. The fourth-order valence-corrected chi connectivity index (χ4v) is 4.40. The van der Waals surface area contributed by atoms with Crippen molar-refractivity contribution >= 4 is 22.0 Å². The summed E-state index contributed by atoms with van der Waals surface area (Å²) in [6.07, 6.45) is 0.736. The quantitative estimate of drug-likeness (QED) is 0.687. The van der Waals surface area contributed by atoms with Crippen molar-refractivity contribution in [1.29, 1.82) is 0 Å². The smallest absolute Gasteiger partial charge is 0.407 e. The van der Waals surface area contributed by atoms with E-state index >= 15 is 0 Å². The van der Waals surface area contributed by atoms with Gasteiger partial charge in [0.2, 0.25) is 0 Å². The van der Waals surface area contributed by atoms with Crippen LogP contribution in [0.15, 0.2) is 30.3 Å². The SMILES string of the molecule is CS(=O)(=O)C[C@@H]1C[C@H](NC(=O)O)CC[C@@H]1NC(=O)OCc1ccccc1. The molecule has 0 radical (unpaired) electrons. The number of rotatable bonds is 6. The lowest BCUT2D eigenvalue weighted by Gasteiger charge is -2.35. The highest BCUT2D eigenvalue weighted by atomic mass is 32.2. The van der Waals surface area contributed by atoms with Gasteiger partial charge in [-0.3, -0.25) is 0 Å². The number of carboxylic acid groups (broad SMARTS) is 1. The second-order valence-electron chi connectivity index (χ2n) is 6.62.